The molecule has 8 nitrogen and oxygen atoms in total. The van der Waals surface area contributed by atoms with Crippen LogP contribution in [0.1, 0.15) is 318 Å². The van der Waals surface area contributed by atoms with Gasteiger partial charge in [0.2, 0.25) is 5.91 Å². The van der Waals surface area contributed by atoms with Crippen molar-refractivity contribution in [1.82, 2.24) is 9.80 Å². The van der Waals surface area contributed by atoms with E-state index in [0.717, 1.165) is 219 Å². The molecule has 69 heavy (non-hydrogen) atoms. The van der Waals surface area contributed by atoms with E-state index >= 15 is 0 Å². The number of ether oxygens (including phenoxy) is 2. The van der Waals surface area contributed by atoms with Gasteiger partial charge in [-0.05, 0) is 97.2 Å². The fourth-order valence-corrected chi connectivity index (χ4v) is 10.0. The minimum atomic E-state index is -0.0152. The summed E-state index contributed by atoms with van der Waals surface area (Å²) in [4.78, 5) is 56.8. The quantitative estimate of drug-likeness (QED) is 0.0443. The van der Waals surface area contributed by atoms with Crippen molar-refractivity contribution in [2.24, 2.45) is 5.92 Å². The van der Waals surface area contributed by atoms with Crippen LogP contribution in [0.15, 0.2) is 0 Å². The largest absolute Gasteiger partial charge is 0.462 e. The molecule has 0 N–H and O–H groups in total. The Balaban J connectivity index is 5.25. The number of ketones is 1. The van der Waals surface area contributed by atoms with Crippen molar-refractivity contribution in [2.45, 2.75) is 336 Å². The van der Waals surface area contributed by atoms with E-state index in [1.807, 2.05) is 0 Å². The lowest BCUT2D eigenvalue weighted by atomic mass is 9.90. The molecule has 0 aromatic carbocycles. The van der Waals surface area contributed by atoms with Gasteiger partial charge in [0.15, 0.2) is 0 Å². The van der Waals surface area contributed by atoms with E-state index in [1.54, 1.807) is 0 Å². The highest BCUT2D eigenvalue weighted by Gasteiger charge is 2.23. The van der Waals surface area contributed by atoms with Gasteiger partial charge in [0.25, 0.3) is 0 Å². The third-order valence-electron chi connectivity index (χ3n) is 14.5. The lowest BCUT2D eigenvalue weighted by molar-refractivity contribution is -0.151. The predicted molar refractivity (Wildman–Crippen MR) is 295 cm³/mol. The Morgan fingerprint density at radius 1 is 0.362 bits per heavy atom. The number of rotatable bonds is 53. The summed E-state index contributed by atoms with van der Waals surface area (Å²) >= 11 is 0. The highest BCUT2D eigenvalue weighted by Crippen LogP contribution is 2.24. The van der Waals surface area contributed by atoms with E-state index in [-0.39, 0.29) is 30.2 Å². The molecule has 0 saturated heterocycles. The Kier molecular flexibility index (Phi) is 48.2. The standard InChI is InChI=1S/C61H118N2O6/c1-9-15-39-54(40-16-10-2)53-56(64)43-34-28-25-29-35-48-59(65)63(52-38-51-62(7)8)55(41-32-26-21-23-30-36-49-60(66)68-57(44-17-11-3)45-18-12-4)42-33-27-22-24-31-37-50-61(67)69-58(46-19-13-5)47-20-14-6/h54-55,57-58H,9-53H2,1-8H3. The Morgan fingerprint density at radius 3 is 1.10 bits per heavy atom. The SMILES string of the molecule is CCCCC(CCCC)CC(=O)CCCCCCCC(=O)N(CCCN(C)C)C(CCCCCCCCC(=O)OC(CCCC)CCCC)CCCCCCCCC(=O)OC(CCCC)CCCC. The summed E-state index contributed by atoms with van der Waals surface area (Å²) < 4.78 is 11.8. The van der Waals surface area contributed by atoms with Crippen molar-refractivity contribution < 1.29 is 28.7 Å². The van der Waals surface area contributed by atoms with Crippen LogP contribution in [0.3, 0.4) is 0 Å². The maximum Gasteiger partial charge on any atom is 0.306 e. The molecule has 0 aliphatic carbocycles. The summed E-state index contributed by atoms with van der Waals surface area (Å²) in [7, 11) is 4.24. The number of carbonyl (C=O) groups excluding carboxylic acids is 4. The average molecular weight is 976 g/mol. The van der Waals surface area contributed by atoms with Crippen molar-refractivity contribution in [3.63, 3.8) is 0 Å². The zero-order valence-corrected chi connectivity index (χ0v) is 47.5. The topological polar surface area (TPSA) is 93.2 Å². The number of esters is 2. The molecule has 0 unspecified atom stereocenters. The zero-order chi connectivity index (χ0) is 51.0. The summed E-state index contributed by atoms with van der Waals surface area (Å²) in [6.07, 6.45) is 45.0. The second kappa shape index (κ2) is 49.6. The molecule has 8 heteroatoms. The first kappa shape index (κ1) is 67.0. The lowest BCUT2D eigenvalue weighted by Gasteiger charge is -2.33. The van der Waals surface area contributed by atoms with Gasteiger partial charge in [-0.15, -0.1) is 0 Å². The second-order valence-electron chi connectivity index (χ2n) is 21.7. The lowest BCUT2D eigenvalue weighted by Crippen LogP contribution is -2.41. The minimum Gasteiger partial charge on any atom is -0.462 e. The van der Waals surface area contributed by atoms with Gasteiger partial charge >= 0.3 is 11.9 Å². The summed E-state index contributed by atoms with van der Waals surface area (Å²) in [6.45, 7) is 15.1. The number of Topliss-reactive ketones (excluding diaryl/α,β-unsaturated/α-hetero) is 1. The maximum absolute atomic E-state index is 14.1. The van der Waals surface area contributed by atoms with E-state index in [1.165, 1.54) is 51.4 Å². The van der Waals surface area contributed by atoms with Crippen LogP contribution >= 0.6 is 0 Å². The van der Waals surface area contributed by atoms with Gasteiger partial charge in [0, 0.05) is 44.7 Å². The molecular weight excluding hydrogens is 857 g/mol. The van der Waals surface area contributed by atoms with Gasteiger partial charge in [-0.3, -0.25) is 19.2 Å². The minimum absolute atomic E-state index is 0.0152. The van der Waals surface area contributed by atoms with E-state index in [4.69, 9.17) is 9.47 Å². The molecule has 0 bridgehead atoms. The van der Waals surface area contributed by atoms with Gasteiger partial charge in [-0.1, -0.05) is 215 Å². The number of carbonyl (C=O) groups is 4. The number of amides is 1. The molecule has 0 saturated carbocycles. The van der Waals surface area contributed by atoms with E-state index in [9.17, 15) is 19.2 Å². The highest BCUT2D eigenvalue weighted by molar-refractivity contribution is 5.78. The number of hydrogen-bond donors (Lipinski definition) is 0. The summed E-state index contributed by atoms with van der Waals surface area (Å²) in [5.41, 5.74) is 0. The molecule has 0 rings (SSSR count). The Morgan fingerprint density at radius 2 is 0.710 bits per heavy atom. The van der Waals surface area contributed by atoms with Crippen LogP contribution in [0.25, 0.3) is 0 Å². The fraction of sp³-hybridized carbons (Fsp3) is 0.934. The Hall–Kier alpha value is -1.96. The molecule has 0 heterocycles. The first-order chi connectivity index (χ1) is 33.5. The van der Waals surface area contributed by atoms with Crippen LogP contribution in [0.4, 0.5) is 0 Å². The fourth-order valence-electron chi connectivity index (χ4n) is 10.0. The van der Waals surface area contributed by atoms with E-state index in [2.05, 4.69) is 65.4 Å². The van der Waals surface area contributed by atoms with Crippen LogP contribution < -0.4 is 0 Å². The molecule has 1 amide bonds. The molecule has 0 atom stereocenters. The van der Waals surface area contributed by atoms with Gasteiger partial charge in [-0.2, -0.15) is 0 Å². The van der Waals surface area contributed by atoms with Crippen molar-refractivity contribution in [2.75, 3.05) is 27.2 Å². The predicted octanol–water partition coefficient (Wildman–Crippen LogP) is 17.6. The van der Waals surface area contributed by atoms with Gasteiger partial charge in [-0.25, -0.2) is 0 Å². The van der Waals surface area contributed by atoms with Crippen molar-refractivity contribution >= 4 is 23.6 Å². The molecule has 0 aromatic heterocycles. The van der Waals surface area contributed by atoms with Gasteiger partial charge < -0.3 is 19.3 Å². The Labute approximate surface area is 429 Å². The zero-order valence-electron chi connectivity index (χ0n) is 47.5. The van der Waals surface area contributed by atoms with Crippen LogP contribution in [-0.4, -0.2) is 78.9 Å². The van der Waals surface area contributed by atoms with Crippen molar-refractivity contribution in [1.29, 1.82) is 0 Å². The first-order valence-corrected chi connectivity index (χ1v) is 30.4. The van der Waals surface area contributed by atoms with Gasteiger partial charge in [0.05, 0.1) is 0 Å². The first-order valence-electron chi connectivity index (χ1n) is 30.4. The number of nitrogens with zero attached hydrogens (tertiary/aromatic N) is 2. The maximum atomic E-state index is 14.1. The van der Waals surface area contributed by atoms with E-state index < -0.39 is 0 Å². The number of hydrogen-bond acceptors (Lipinski definition) is 7. The molecule has 0 aliphatic rings. The monoisotopic (exact) mass is 975 g/mol. The second-order valence-corrected chi connectivity index (χ2v) is 21.7. The average Bonchev–Trinajstić information content (AvgIpc) is 3.33. The van der Waals surface area contributed by atoms with Crippen LogP contribution in [0, 0.1) is 5.92 Å². The third kappa shape index (κ3) is 42.3. The Bertz CT molecular complexity index is 1100. The molecule has 0 radical (unpaired) electrons. The highest BCUT2D eigenvalue weighted by atomic mass is 16.5. The molecular formula is C61H118N2O6. The van der Waals surface area contributed by atoms with Crippen LogP contribution in [0.2, 0.25) is 0 Å². The van der Waals surface area contributed by atoms with E-state index in [0.29, 0.717) is 36.9 Å². The van der Waals surface area contributed by atoms with Crippen molar-refractivity contribution in [3.8, 4) is 0 Å². The molecule has 0 spiro atoms. The molecule has 0 aliphatic heterocycles. The smallest absolute Gasteiger partial charge is 0.306 e. The van der Waals surface area contributed by atoms with Crippen LogP contribution in [0.5, 0.6) is 0 Å². The molecule has 0 aromatic rings. The third-order valence-corrected chi connectivity index (χ3v) is 14.5. The van der Waals surface area contributed by atoms with Crippen LogP contribution in [-0.2, 0) is 28.7 Å². The molecule has 408 valence electrons. The summed E-state index contributed by atoms with van der Waals surface area (Å²) in [5, 5.41) is 0. The van der Waals surface area contributed by atoms with Gasteiger partial charge in [0.1, 0.15) is 18.0 Å². The van der Waals surface area contributed by atoms with Crippen molar-refractivity contribution in [3.05, 3.63) is 0 Å². The summed E-state index contributed by atoms with van der Waals surface area (Å²) in [5.74, 6) is 1.33. The molecule has 0 fully saturated rings. The number of unbranched alkanes of at least 4 members (excludes halogenated alkanes) is 20. The normalized spacial score (nSPS) is 11.8. The summed E-state index contributed by atoms with van der Waals surface area (Å²) in [6, 6.07) is 0.274.